The third kappa shape index (κ3) is 5.92. The predicted octanol–water partition coefficient (Wildman–Crippen LogP) is 2.65. The van der Waals surface area contributed by atoms with Crippen LogP contribution in [0, 0.1) is 24.0 Å². The quantitative estimate of drug-likeness (QED) is 0.227. The zero-order chi connectivity index (χ0) is 20.7. The fraction of sp³-hybridized carbons (Fsp3) is 0.278. The number of amides is 1. The number of nitro groups is 1. The Labute approximate surface area is 166 Å². The molecule has 0 atom stereocenters. The number of aromatic nitrogens is 1. The molecule has 10 heteroatoms. The largest absolute Gasteiger partial charge is 0.452 e. The lowest BCUT2D eigenvalue weighted by Gasteiger charge is -2.10. The molecule has 1 amide bonds. The van der Waals surface area contributed by atoms with Gasteiger partial charge in [0, 0.05) is 36.6 Å². The van der Waals surface area contributed by atoms with Crippen LogP contribution in [0.2, 0.25) is 5.15 Å². The van der Waals surface area contributed by atoms with Crippen molar-refractivity contribution in [2.45, 2.75) is 13.8 Å². The summed E-state index contributed by atoms with van der Waals surface area (Å²) >= 11 is 5.97. The average Bonchev–Trinajstić information content (AvgIpc) is 2.63. The van der Waals surface area contributed by atoms with Crippen LogP contribution in [0.3, 0.4) is 0 Å². The lowest BCUT2D eigenvalue weighted by atomic mass is 10.1. The summed E-state index contributed by atoms with van der Waals surface area (Å²) < 4.78 is 4.98. The minimum Gasteiger partial charge on any atom is -0.452 e. The molecule has 28 heavy (non-hydrogen) atoms. The summed E-state index contributed by atoms with van der Waals surface area (Å²) in [6.07, 6.45) is 0. The molecule has 2 aromatic rings. The Balaban J connectivity index is 1.73. The highest BCUT2D eigenvalue weighted by atomic mass is 35.5. The van der Waals surface area contributed by atoms with E-state index < -0.39 is 23.4 Å². The molecule has 2 rings (SSSR count). The Bertz CT molecular complexity index is 863. The van der Waals surface area contributed by atoms with Crippen LogP contribution in [0.5, 0.6) is 0 Å². The van der Waals surface area contributed by atoms with Crippen molar-refractivity contribution in [1.29, 1.82) is 0 Å². The Morgan fingerprint density at radius 2 is 1.89 bits per heavy atom. The number of nitro benzene ring substituents is 1. The molecule has 0 aliphatic rings. The number of esters is 1. The fourth-order valence-corrected chi connectivity index (χ4v) is 2.76. The number of hydrogen-bond donors (Lipinski definition) is 2. The van der Waals surface area contributed by atoms with Gasteiger partial charge in [-0.2, -0.15) is 0 Å². The minimum absolute atomic E-state index is 0.000199. The highest BCUT2D eigenvalue weighted by molar-refractivity contribution is 6.32. The zero-order valence-electron chi connectivity index (χ0n) is 15.3. The van der Waals surface area contributed by atoms with Gasteiger partial charge < -0.3 is 15.4 Å². The van der Waals surface area contributed by atoms with E-state index in [9.17, 15) is 19.7 Å². The first-order valence-electron chi connectivity index (χ1n) is 8.34. The number of carbonyl (C=O) groups is 2. The van der Waals surface area contributed by atoms with E-state index in [1.165, 1.54) is 12.1 Å². The maximum absolute atomic E-state index is 12.1. The summed E-state index contributed by atoms with van der Waals surface area (Å²) in [7, 11) is 0. The van der Waals surface area contributed by atoms with Crippen molar-refractivity contribution in [3.63, 3.8) is 0 Å². The third-order valence-electron chi connectivity index (χ3n) is 3.69. The highest BCUT2D eigenvalue weighted by Gasteiger charge is 2.18. The number of halogens is 1. The van der Waals surface area contributed by atoms with Crippen LogP contribution in [0.15, 0.2) is 30.3 Å². The van der Waals surface area contributed by atoms with Gasteiger partial charge in [0.15, 0.2) is 6.61 Å². The first kappa shape index (κ1) is 21.1. The molecular formula is C18H19ClN4O5. The van der Waals surface area contributed by atoms with E-state index >= 15 is 0 Å². The molecule has 1 aromatic heterocycles. The monoisotopic (exact) mass is 406 g/mol. The van der Waals surface area contributed by atoms with Crippen molar-refractivity contribution < 1.29 is 19.2 Å². The number of carbonyl (C=O) groups excluding carboxylic acids is 2. The van der Waals surface area contributed by atoms with Crippen LogP contribution in [-0.4, -0.2) is 41.5 Å². The third-order valence-corrected chi connectivity index (χ3v) is 3.97. The van der Waals surface area contributed by atoms with Gasteiger partial charge in [0.1, 0.15) is 5.15 Å². The molecule has 0 saturated carbocycles. The van der Waals surface area contributed by atoms with Crippen LogP contribution in [0.1, 0.15) is 21.6 Å². The van der Waals surface area contributed by atoms with Crippen LogP contribution < -0.4 is 10.6 Å². The average molecular weight is 407 g/mol. The molecule has 148 valence electrons. The van der Waals surface area contributed by atoms with Gasteiger partial charge in [-0.1, -0.05) is 11.6 Å². The highest BCUT2D eigenvalue weighted by Crippen LogP contribution is 2.19. The van der Waals surface area contributed by atoms with Gasteiger partial charge in [-0.05, 0) is 37.6 Å². The number of nitrogens with zero attached hydrogens (tertiary/aromatic N) is 2. The summed E-state index contributed by atoms with van der Waals surface area (Å²) in [4.78, 5) is 38.0. The smallest absolute Gasteiger partial charge is 0.342 e. The maximum Gasteiger partial charge on any atom is 0.342 e. The molecule has 1 heterocycles. The number of aryl methyl sites for hydroxylation is 2. The molecule has 0 fully saturated rings. The predicted molar refractivity (Wildman–Crippen MR) is 104 cm³/mol. The molecule has 0 saturated heterocycles. The molecule has 0 radical (unpaired) electrons. The second kappa shape index (κ2) is 9.65. The number of ether oxygens (including phenoxy) is 1. The van der Waals surface area contributed by atoms with Crippen LogP contribution >= 0.6 is 11.6 Å². The number of hydrogen-bond acceptors (Lipinski definition) is 7. The maximum atomic E-state index is 12.1. The fourth-order valence-electron chi connectivity index (χ4n) is 2.40. The summed E-state index contributed by atoms with van der Waals surface area (Å²) in [6.45, 7) is 3.69. The molecular weight excluding hydrogens is 388 g/mol. The number of non-ortho nitro benzene ring substituents is 1. The molecule has 0 unspecified atom stereocenters. The van der Waals surface area contributed by atoms with Crippen molar-refractivity contribution in [2.75, 3.05) is 25.0 Å². The Morgan fingerprint density at radius 1 is 1.21 bits per heavy atom. The van der Waals surface area contributed by atoms with Crippen LogP contribution in [0.25, 0.3) is 0 Å². The lowest BCUT2D eigenvalue weighted by molar-refractivity contribution is -0.384. The molecule has 0 spiro atoms. The first-order chi connectivity index (χ1) is 13.3. The van der Waals surface area contributed by atoms with Gasteiger partial charge in [-0.3, -0.25) is 14.9 Å². The van der Waals surface area contributed by atoms with Crippen LogP contribution in [0.4, 0.5) is 11.4 Å². The van der Waals surface area contributed by atoms with Crippen molar-refractivity contribution >= 4 is 34.9 Å². The normalized spacial score (nSPS) is 10.2. The summed E-state index contributed by atoms with van der Waals surface area (Å²) in [5.74, 6) is -1.18. The number of anilines is 1. The molecule has 0 aliphatic heterocycles. The van der Waals surface area contributed by atoms with E-state index in [-0.39, 0.29) is 22.9 Å². The van der Waals surface area contributed by atoms with E-state index in [4.69, 9.17) is 16.3 Å². The van der Waals surface area contributed by atoms with Gasteiger partial charge in [0.2, 0.25) is 0 Å². The van der Waals surface area contributed by atoms with Gasteiger partial charge >= 0.3 is 5.97 Å². The molecule has 0 aliphatic carbocycles. The van der Waals surface area contributed by atoms with E-state index in [1.807, 2.05) is 0 Å². The zero-order valence-corrected chi connectivity index (χ0v) is 16.1. The Morgan fingerprint density at radius 3 is 2.50 bits per heavy atom. The summed E-state index contributed by atoms with van der Waals surface area (Å²) in [6, 6.07) is 7.61. The SMILES string of the molecule is Cc1cc(C)c(C(=O)OCC(=O)NCCNc2ccc([N+](=O)[O-])cc2)c(Cl)n1. The van der Waals surface area contributed by atoms with E-state index in [0.29, 0.717) is 23.5 Å². The van der Waals surface area contributed by atoms with Crippen molar-refractivity contribution in [2.24, 2.45) is 0 Å². The van der Waals surface area contributed by atoms with E-state index in [0.717, 1.165) is 0 Å². The Hall–Kier alpha value is -3.20. The van der Waals surface area contributed by atoms with Gasteiger partial charge in [-0.25, -0.2) is 9.78 Å². The molecule has 9 nitrogen and oxygen atoms in total. The van der Waals surface area contributed by atoms with E-state index in [1.54, 1.807) is 32.0 Å². The van der Waals surface area contributed by atoms with Gasteiger partial charge in [-0.15, -0.1) is 0 Å². The van der Waals surface area contributed by atoms with Gasteiger partial charge in [0.25, 0.3) is 11.6 Å². The van der Waals surface area contributed by atoms with Crippen LogP contribution in [-0.2, 0) is 9.53 Å². The topological polar surface area (TPSA) is 123 Å². The van der Waals surface area contributed by atoms with Crippen molar-refractivity contribution in [3.05, 3.63) is 62.4 Å². The molecule has 2 N–H and O–H groups in total. The van der Waals surface area contributed by atoms with Gasteiger partial charge in [0.05, 0.1) is 10.5 Å². The number of rotatable bonds is 8. The standard InChI is InChI=1S/C18H19ClN4O5/c1-11-9-12(2)22-17(19)16(11)18(25)28-10-15(24)21-8-7-20-13-3-5-14(6-4-13)23(26)27/h3-6,9,20H,7-8,10H2,1-2H3,(H,21,24). The number of nitrogens with one attached hydrogen (secondary N) is 2. The van der Waals surface area contributed by atoms with Crippen molar-refractivity contribution in [3.8, 4) is 0 Å². The first-order valence-corrected chi connectivity index (χ1v) is 8.71. The van der Waals surface area contributed by atoms with E-state index in [2.05, 4.69) is 15.6 Å². The second-order valence-corrected chi connectivity index (χ2v) is 6.26. The number of pyridine rings is 1. The summed E-state index contributed by atoms with van der Waals surface area (Å²) in [5.41, 5.74) is 2.12. The number of benzene rings is 1. The minimum atomic E-state index is -0.714. The second-order valence-electron chi connectivity index (χ2n) is 5.90. The van der Waals surface area contributed by atoms with Crippen molar-refractivity contribution in [1.82, 2.24) is 10.3 Å². The Kier molecular flexibility index (Phi) is 7.28. The molecule has 1 aromatic carbocycles. The molecule has 0 bridgehead atoms. The lowest BCUT2D eigenvalue weighted by Crippen LogP contribution is -2.32. The summed E-state index contributed by atoms with van der Waals surface area (Å²) in [5, 5.41) is 16.2.